The third-order valence-electron chi connectivity index (χ3n) is 6.49. The molecule has 0 aliphatic carbocycles. The van der Waals surface area contributed by atoms with Crippen molar-refractivity contribution in [1.82, 2.24) is 15.0 Å². The maximum absolute atomic E-state index is 13.6. The Labute approximate surface area is 246 Å². The lowest BCUT2D eigenvalue weighted by Gasteiger charge is -2.35. The summed E-state index contributed by atoms with van der Waals surface area (Å²) in [5, 5.41) is 6.23. The lowest BCUT2D eigenvalue weighted by Crippen LogP contribution is -2.56. The Morgan fingerprint density at radius 3 is 2.63 bits per heavy atom. The van der Waals surface area contributed by atoms with E-state index in [4.69, 9.17) is 14.2 Å². The van der Waals surface area contributed by atoms with E-state index in [2.05, 4.69) is 20.0 Å². The summed E-state index contributed by atoms with van der Waals surface area (Å²) in [7, 11) is 1.63. The third kappa shape index (κ3) is 7.93. The molecular formula is C29H33N5O9. The van der Waals surface area contributed by atoms with Crippen LogP contribution < -0.4 is 16.0 Å². The smallest absolute Gasteiger partial charge is 0.439 e. The van der Waals surface area contributed by atoms with Gasteiger partial charge in [0.05, 0.1) is 6.61 Å². The first-order valence-electron chi connectivity index (χ1n) is 13.7. The second-order valence-corrected chi connectivity index (χ2v) is 9.77. The number of unbranched alkanes of at least 4 members (excludes halogenated alkanes) is 1. The van der Waals surface area contributed by atoms with Gasteiger partial charge in [0, 0.05) is 49.6 Å². The van der Waals surface area contributed by atoms with Crippen molar-refractivity contribution in [2.24, 2.45) is 0 Å². The number of rotatable bonds is 12. The topological polar surface area (TPSA) is 173 Å². The molecule has 3 aromatic rings. The predicted molar refractivity (Wildman–Crippen MR) is 153 cm³/mol. The number of ether oxygens (including phenoxy) is 3. The van der Waals surface area contributed by atoms with Crippen molar-refractivity contribution < 1.29 is 37.9 Å². The summed E-state index contributed by atoms with van der Waals surface area (Å²) in [5.41, 5.74) is 1.62. The van der Waals surface area contributed by atoms with Gasteiger partial charge in [0.2, 0.25) is 6.10 Å². The zero-order chi connectivity index (χ0) is 30.9. The van der Waals surface area contributed by atoms with E-state index in [1.165, 1.54) is 21.9 Å². The highest BCUT2D eigenvalue weighted by Crippen LogP contribution is 2.24. The van der Waals surface area contributed by atoms with Gasteiger partial charge >= 0.3 is 11.7 Å². The molecule has 14 nitrogen and oxygen atoms in total. The first kappa shape index (κ1) is 31.1. The number of hydrogen-bond acceptors (Lipinski definition) is 10. The van der Waals surface area contributed by atoms with E-state index in [1.807, 2.05) is 6.92 Å². The van der Waals surface area contributed by atoms with Crippen molar-refractivity contribution in [2.45, 2.75) is 38.9 Å². The summed E-state index contributed by atoms with van der Waals surface area (Å²) >= 11 is 0. The number of esters is 1. The summed E-state index contributed by atoms with van der Waals surface area (Å²) in [6, 6.07) is 12.8. The fourth-order valence-electron chi connectivity index (χ4n) is 4.32. The molecule has 1 aliphatic heterocycles. The maximum atomic E-state index is 13.6. The molecule has 43 heavy (non-hydrogen) atoms. The molecular weight excluding hydrogens is 562 g/mol. The molecule has 1 aromatic heterocycles. The summed E-state index contributed by atoms with van der Waals surface area (Å²) in [5.74, 6) is -2.96. The molecule has 4 rings (SSSR count). The Morgan fingerprint density at radius 2 is 1.95 bits per heavy atom. The number of aromatic nitrogens is 2. The second-order valence-electron chi connectivity index (χ2n) is 9.77. The van der Waals surface area contributed by atoms with Gasteiger partial charge in [0.25, 0.3) is 17.7 Å². The summed E-state index contributed by atoms with van der Waals surface area (Å²) < 4.78 is 20.9. The number of nitrogens with zero attached hydrogens (tertiary/aromatic N) is 3. The molecule has 0 radical (unpaired) electrons. The summed E-state index contributed by atoms with van der Waals surface area (Å²) in [4.78, 5) is 68.2. The SMILES string of the molecule is CCCCOCN(C)C(=O)c1cccc(N2CCO[C@H]([C@@H](OC(C)=O)C(=O)Nc3ccc(-c4noc(=O)[nH]4)cc3)C2=O)c1. The number of anilines is 2. The molecule has 1 aliphatic rings. The average Bonchev–Trinajstić information content (AvgIpc) is 3.44. The predicted octanol–water partition coefficient (Wildman–Crippen LogP) is 2.18. The zero-order valence-corrected chi connectivity index (χ0v) is 24.0. The number of carbonyl (C=O) groups excluding carboxylic acids is 4. The van der Waals surface area contributed by atoms with E-state index in [-0.39, 0.29) is 31.6 Å². The van der Waals surface area contributed by atoms with E-state index >= 15 is 0 Å². The van der Waals surface area contributed by atoms with Crippen LogP contribution in [0.1, 0.15) is 37.0 Å². The molecule has 0 spiro atoms. The van der Waals surface area contributed by atoms with Crippen LogP contribution >= 0.6 is 0 Å². The van der Waals surface area contributed by atoms with Gasteiger partial charge in [-0.3, -0.25) is 28.7 Å². The number of H-pyrrole nitrogens is 1. The molecule has 0 unspecified atom stereocenters. The number of morpholine rings is 1. The maximum Gasteiger partial charge on any atom is 0.439 e. The van der Waals surface area contributed by atoms with Crippen LogP contribution in [0.2, 0.25) is 0 Å². The van der Waals surface area contributed by atoms with Crippen molar-refractivity contribution in [1.29, 1.82) is 0 Å². The van der Waals surface area contributed by atoms with Crippen molar-refractivity contribution >= 4 is 35.1 Å². The van der Waals surface area contributed by atoms with Gasteiger partial charge in [0.15, 0.2) is 11.9 Å². The van der Waals surface area contributed by atoms with E-state index in [9.17, 15) is 24.0 Å². The molecule has 2 N–H and O–H groups in total. The first-order chi connectivity index (χ1) is 20.7. The third-order valence-corrected chi connectivity index (χ3v) is 6.49. The molecule has 228 valence electrons. The number of amides is 3. The lowest BCUT2D eigenvalue weighted by molar-refractivity contribution is -0.167. The Morgan fingerprint density at radius 1 is 1.19 bits per heavy atom. The van der Waals surface area contributed by atoms with Crippen LogP contribution in [-0.4, -0.2) is 84.5 Å². The van der Waals surface area contributed by atoms with Crippen LogP contribution in [0.25, 0.3) is 11.4 Å². The molecule has 1 saturated heterocycles. The van der Waals surface area contributed by atoms with Crippen LogP contribution in [0.5, 0.6) is 0 Å². The van der Waals surface area contributed by atoms with E-state index in [0.717, 1.165) is 19.8 Å². The number of carbonyl (C=O) groups is 4. The van der Waals surface area contributed by atoms with E-state index in [0.29, 0.717) is 29.1 Å². The highest BCUT2D eigenvalue weighted by Gasteiger charge is 2.42. The summed E-state index contributed by atoms with van der Waals surface area (Å²) in [6.45, 7) is 4.05. The standard InChI is InChI=1S/C29H33N5O9/c1-4-5-14-40-17-33(3)27(37)20-7-6-8-22(16-20)34-13-15-41-24(28(34)38)23(42-18(2)35)26(36)30-21-11-9-19(10-12-21)25-31-29(39)43-32-25/h6-12,16,23-24H,4-5,13-15,17H2,1-3H3,(H,30,36)(H,31,32,39)/t23-,24-/m1/s1. The fourth-order valence-corrected chi connectivity index (χ4v) is 4.32. The highest BCUT2D eigenvalue weighted by atomic mass is 16.6. The van der Waals surface area contributed by atoms with Gasteiger partial charge in [-0.1, -0.05) is 24.6 Å². The van der Waals surface area contributed by atoms with Crippen LogP contribution in [0.4, 0.5) is 11.4 Å². The second kappa shape index (κ2) is 14.4. The van der Waals surface area contributed by atoms with Crippen LogP contribution in [-0.2, 0) is 28.6 Å². The van der Waals surface area contributed by atoms with Gasteiger partial charge in [-0.15, -0.1) is 0 Å². The Bertz CT molecular complexity index is 1500. The fraction of sp³-hybridized carbons (Fsp3) is 0.379. The number of aromatic amines is 1. The van der Waals surface area contributed by atoms with Crippen molar-refractivity contribution in [2.75, 3.05) is 43.8 Å². The number of benzene rings is 2. The van der Waals surface area contributed by atoms with Crippen LogP contribution in [0.15, 0.2) is 57.8 Å². The quantitative estimate of drug-likeness (QED) is 0.179. The van der Waals surface area contributed by atoms with E-state index in [1.54, 1.807) is 43.4 Å². The number of hydrogen-bond donors (Lipinski definition) is 2. The summed E-state index contributed by atoms with van der Waals surface area (Å²) in [6.07, 6.45) is -1.17. The minimum atomic E-state index is -1.60. The Kier molecular flexibility index (Phi) is 10.4. The molecule has 1 fully saturated rings. The van der Waals surface area contributed by atoms with Crippen molar-refractivity contribution in [3.8, 4) is 11.4 Å². The normalized spacial score (nSPS) is 15.6. The molecule has 14 heteroatoms. The lowest BCUT2D eigenvalue weighted by atomic mass is 10.1. The van der Waals surface area contributed by atoms with Gasteiger partial charge in [-0.2, -0.15) is 0 Å². The molecule has 0 saturated carbocycles. The van der Waals surface area contributed by atoms with E-state index < -0.39 is 35.7 Å². The van der Waals surface area contributed by atoms with Gasteiger partial charge < -0.3 is 29.3 Å². The molecule has 0 bridgehead atoms. The Hall–Kier alpha value is -4.82. The van der Waals surface area contributed by atoms with Crippen molar-refractivity contribution in [3.05, 3.63) is 64.6 Å². The van der Waals surface area contributed by atoms with Crippen molar-refractivity contribution in [3.63, 3.8) is 0 Å². The van der Waals surface area contributed by atoms with Gasteiger partial charge in [0.1, 0.15) is 6.73 Å². The van der Waals surface area contributed by atoms with Crippen LogP contribution in [0.3, 0.4) is 0 Å². The first-order valence-corrected chi connectivity index (χ1v) is 13.7. The average molecular weight is 596 g/mol. The zero-order valence-electron chi connectivity index (χ0n) is 24.0. The molecule has 2 heterocycles. The minimum Gasteiger partial charge on any atom is -0.449 e. The minimum absolute atomic E-state index is 0.0510. The monoisotopic (exact) mass is 595 g/mol. The molecule has 3 amide bonds. The van der Waals surface area contributed by atoms with Gasteiger partial charge in [-0.05, 0) is 48.9 Å². The van der Waals surface area contributed by atoms with Crippen LogP contribution in [0, 0.1) is 0 Å². The van der Waals surface area contributed by atoms with Gasteiger partial charge in [-0.25, -0.2) is 4.79 Å². The highest BCUT2D eigenvalue weighted by molar-refractivity contribution is 6.05. The molecule has 2 atom stereocenters. The Balaban J connectivity index is 1.47. The molecule has 2 aromatic carbocycles. The number of nitrogens with one attached hydrogen (secondary N) is 2. The largest absolute Gasteiger partial charge is 0.449 e.